The Kier molecular flexibility index (Phi) is 3.84. The lowest BCUT2D eigenvalue weighted by Gasteiger charge is -2.05. The lowest BCUT2D eigenvalue weighted by atomic mass is 10.5. The summed E-state index contributed by atoms with van der Waals surface area (Å²) >= 11 is 3.29. The van der Waals surface area contributed by atoms with Gasteiger partial charge in [-0.25, -0.2) is 4.98 Å². The van der Waals surface area contributed by atoms with Gasteiger partial charge >= 0.3 is 0 Å². The number of nitrogen functional groups attached to an aromatic ring is 1. The molecule has 4 N–H and O–H groups in total. The minimum atomic E-state index is 0.493. The number of anilines is 1. The molecule has 0 aliphatic carbocycles. The first-order chi connectivity index (χ1) is 5.72. The number of rotatable bonds is 4. The smallest absolute Gasteiger partial charge is 0.180 e. The number of hydrogen-bond acceptors (Lipinski definition) is 5. The predicted octanol–water partition coefficient (Wildman–Crippen LogP) is 1.31. The highest BCUT2D eigenvalue weighted by atomic mass is 32.2. The second kappa shape index (κ2) is 4.69. The molecule has 68 valence electrons. The van der Waals surface area contributed by atoms with Gasteiger partial charge in [0.15, 0.2) is 5.13 Å². The van der Waals surface area contributed by atoms with E-state index in [0.29, 0.717) is 16.9 Å². The fourth-order valence-electron chi connectivity index (χ4n) is 0.685. The molecule has 1 aromatic rings. The Morgan fingerprint density at radius 3 is 3.00 bits per heavy atom. The molecule has 0 aliphatic heterocycles. The number of aromatic nitrogens is 1. The number of hydrogen-bond donors (Lipinski definition) is 2. The Hall–Kier alpha value is -0.260. The van der Waals surface area contributed by atoms with Crippen molar-refractivity contribution in [3.63, 3.8) is 0 Å². The van der Waals surface area contributed by atoms with Crippen molar-refractivity contribution in [3.8, 4) is 0 Å². The van der Waals surface area contributed by atoms with Crippen LogP contribution in [0, 0.1) is 0 Å². The molecule has 0 bridgehead atoms. The van der Waals surface area contributed by atoms with Gasteiger partial charge in [-0.15, -0.1) is 11.3 Å². The summed E-state index contributed by atoms with van der Waals surface area (Å²) in [7, 11) is 0. The molecule has 0 aromatic carbocycles. The largest absolute Gasteiger partial charge is 0.375 e. The highest BCUT2D eigenvalue weighted by molar-refractivity contribution is 7.99. The first-order valence-electron chi connectivity index (χ1n) is 3.74. The summed E-state index contributed by atoms with van der Waals surface area (Å²) in [6.45, 7) is 2.82. The molecule has 1 aromatic heterocycles. The number of thiazole rings is 1. The van der Waals surface area contributed by atoms with Gasteiger partial charge in [-0.1, -0.05) is 6.92 Å². The number of thioether (sulfide) groups is 1. The first-order valence-corrected chi connectivity index (χ1v) is 5.66. The molecule has 0 radical (unpaired) electrons. The predicted molar refractivity (Wildman–Crippen MR) is 56.3 cm³/mol. The summed E-state index contributed by atoms with van der Waals surface area (Å²) < 4.78 is 0. The minimum absolute atomic E-state index is 0.493. The summed E-state index contributed by atoms with van der Waals surface area (Å²) in [6, 6.07) is 0. The van der Waals surface area contributed by atoms with E-state index >= 15 is 0 Å². The van der Waals surface area contributed by atoms with Gasteiger partial charge in [0.05, 0.1) is 5.69 Å². The van der Waals surface area contributed by atoms with E-state index in [-0.39, 0.29) is 0 Å². The molecule has 3 nitrogen and oxygen atoms in total. The lowest BCUT2D eigenvalue weighted by molar-refractivity contribution is 0.949. The Morgan fingerprint density at radius 2 is 2.50 bits per heavy atom. The van der Waals surface area contributed by atoms with Gasteiger partial charge in [0.2, 0.25) is 0 Å². The van der Waals surface area contributed by atoms with Crippen molar-refractivity contribution in [1.82, 2.24) is 4.98 Å². The van der Waals surface area contributed by atoms with Crippen molar-refractivity contribution in [1.29, 1.82) is 0 Å². The van der Waals surface area contributed by atoms with Crippen molar-refractivity contribution >= 4 is 28.2 Å². The Bertz CT molecular complexity index is 236. The molecule has 1 atom stereocenters. The van der Waals surface area contributed by atoms with E-state index in [2.05, 4.69) is 11.9 Å². The van der Waals surface area contributed by atoms with Crippen LogP contribution in [0.5, 0.6) is 0 Å². The number of nitrogens with zero attached hydrogens (tertiary/aromatic N) is 1. The molecule has 0 aliphatic rings. The van der Waals surface area contributed by atoms with Crippen molar-refractivity contribution in [3.05, 3.63) is 11.1 Å². The summed E-state index contributed by atoms with van der Waals surface area (Å²) in [4.78, 5) is 4.15. The molecule has 0 saturated heterocycles. The maximum Gasteiger partial charge on any atom is 0.180 e. The van der Waals surface area contributed by atoms with Crippen LogP contribution in [0.4, 0.5) is 5.13 Å². The summed E-state index contributed by atoms with van der Waals surface area (Å²) in [5.41, 5.74) is 12.0. The van der Waals surface area contributed by atoms with E-state index in [1.165, 1.54) is 11.3 Å². The van der Waals surface area contributed by atoms with E-state index in [0.717, 1.165) is 11.4 Å². The minimum Gasteiger partial charge on any atom is -0.375 e. The van der Waals surface area contributed by atoms with E-state index in [1.807, 2.05) is 5.38 Å². The molecular formula is C7H13N3S2. The summed E-state index contributed by atoms with van der Waals surface area (Å²) in [5, 5.41) is 3.13. The van der Waals surface area contributed by atoms with Crippen molar-refractivity contribution in [2.75, 3.05) is 12.3 Å². The SMILES string of the molecule is CC(CN)SCc1csc(N)n1. The fraction of sp³-hybridized carbons (Fsp3) is 0.571. The second-order valence-electron chi connectivity index (χ2n) is 2.53. The van der Waals surface area contributed by atoms with Gasteiger partial charge < -0.3 is 11.5 Å². The van der Waals surface area contributed by atoms with E-state index in [9.17, 15) is 0 Å². The third kappa shape index (κ3) is 3.00. The maximum absolute atomic E-state index is 5.49. The summed E-state index contributed by atoms with van der Waals surface area (Å²) in [5.74, 6) is 0.909. The Balaban J connectivity index is 2.33. The zero-order valence-electron chi connectivity index (χ0n) is 6.99. The molecule has 0 saturated carbocycles. The fourth-order valence-corrected chi connectivity index (χ4v) is 2.09. The third-order valence-electron chi connectivity index (χ3n) is 1.42. The average molecular weight is 203 g/mol. The highest BCUT2D eigenvalue weighted by Gasteiger charge is 2.02. The maximum atomic E-state index is 5.49. The van der Waals surface area contributed by atoms with Crippen LogP contribution in [-0.2, 0) is 5.75 Å². The zero-order valence-corrected chi connectivity index (χ0v) is 8.62. The van der Waals surface area contributed by atoms with Crippen molar-refractivity contribution in [2.24, 2.45) is 5.73 Å². The quantitative estimate of drug-likeness (QED) is 0.774. The Morgan fingerprint density at radius 1 is 1.75 bits per heavy atom. The van der Waals surface area contributed by atoms with Gasteiger partial charge in [-0.2, -0.15) is 11.8 Å². The van der Waals surface area contributed by atoms with Gasteiger partial charge in [-0.05, 0) is 0 Å². The van der Waals surface area contributed by atoms with Crippen LogP contribution in [0.3, 0.4) is 0 Å². The summed E-state index contributed by atoms with van der Waals surface area (Å²) in [6.07, 6.45) is 0. The van der Waals surface area contributed by atoms with Crippen LogP contribution in [-0.4, -0.2) is 16.8 Å². The van der Waals surface area contributed by atoms with E-state index in [4.69, 9.17) is 11.5 Å². The van der Waals surface area contributed by atoms with Crippen molar-refractivity contribution < 1.29 is 0 Å². The van der Waals surface area contributed by atoms with Crippen LogP contribution < -0.4 is 11.5 Å². The Labute approximate surface area is 80.6 Å². The monoisotopic (exact) mass is 203 g/mol. The van der Waals surface area contributed by atoms with Crippen LogP contribution in [0.15, 0.2) is 5.38 Å². The lowest BCUT2D eigenvalue weighted by Crippen LogP contribution is -2.12. The molecule has 0 fully saturated rings. The second-order valence-corrected chi connectivity index (χ2v) is 4.85. The molecule has 5 heteroatoms. The van der Waals surface area contributed by atoms with Crippen LogP contribution in [0.2, 0.25) is 0 Å². The first kappa shape index (κ1) is 9.83. The number of nitrogens with two attached hydrogens (primary N) is 2. The molecule has 1 rings (SSSR count). The van der Waals surface area contributed by atoms with Gasteiger partial charge in [0.25, 0.3) is 0 Å². The molecule has 0 amide bonds. The van der Waals surface area contributed by atoms with Crippen LogP contribution >= 0.6 is 23.1 Å². The van der Waals surface area contributed by atoms with Crippen LogP contribution in [0.25, 0.3) is 0 Å². The van der Waals surface area contributed by atoms with Crippen molar-refractivity contribution in [2.45, 2.75) is 17.9 Å². The van der Waals surface area contributed by atoms with Crippen LogP contribution in [0.1, 0.15) is 12.6 Å². The topological polar surface area (TPSA) is 64.9 Å². The van der Waals surface area contributed by atoms with Gasteiger partial charge in [0.1, 0.15) is 0 Å². The van der Waals surface area contributed by atoms with E-state index in [1.54, 1.807) is 11.8 Å². The standard InChI is InChI=1S/C7H13N3S2/c1-5(2-8)11-3-6-4-12-7(9)10-6/h4-5H,2-3,8H2,1H3,(H2,9,10). The highest BCUT2D eigenvalue weighted by Crippen LogP contribution is 2.19. The average Bonchev–Trinajstić information content (AvgIpc) is 2.47. The molecule has 12 heavy (non-hydrogen) atoms. The zero-order chi connectivity index (χ0) is 8.97. The van der Waals surface area contributed by atoms with Gasteiger partial charge in [0, 0.05) is 22.9 Å². The molecule has 1 unspecified atom stereocenters. The normalized spacial score (nSPS) is 13.2. The molecule has 0 spiro atoms. The van der Waals surface area contributed by atoms with Gasteiger partial charge in [-0.3, -0.25) is 0 Å². The molecular weight excluding hydrogens is 190 g/mol. The molecule has 1 heterocycles. The van der Waals surface area contributed by atoms with E-state index < -0.39 is 0 Å². The third-order valence-corrected chi connectivity index (χ3v) is 3.36.